The molecule has 8 heteroatoms. The van der Waals surface area contributed by atoms with Crippen LogP contribution in [0.1, 0.15) is 46.5 Å². The van der Waals surface area contributed by atoms with Crippen LogP contribution in [0.5, 0.6) is 0 Å². The molecular weight excluding hydrogens is 350 g/mol. The minimum atomic E-state index is -3.46. The van der Waals surface area contributed by atoms with Crippen molar-refractivity contribution in [2.75, 3.05) is 45.0 Å². The molecule has 0 aromatic carbocycles. The molecular formula is C18H37N5O2S. The first-order chi connectivity index (χ1) is 12.3. The average Bonchev–Trinajstić information content (AvgIpc) is 2.60. The first kappa shape index (κ1) is 21.4. The Kier molecular flexibility index (Phi) is 8.16. The Hall–Kier alpha value is -0.860. The minimum Gasteiger partial charge on any atom is -0.357 e. The predicted octanol–water partition coefficient (Wildman–Crippen LogP) is 1.07. The maximum absolute atomic E-state index is 11.1. The zero-order chi connectivity index (χ0) is 19.2. The molecule has 1 heterocycles. The van der Waals surface area contributed by atoms with Gasteiger partial charge >= 0.3 is 0 Å². The van der Waals surface area contributed by atoms with E-state index >= 15 is 0 Å². The molecule has 0 spiro atoms. The third-order valence-electron chi connectivity index (χ3n) is 5.79. The highest BCUT2D eigenvalue weighted by atomic mass is 32.2. The third kappa shape index (κ3) is 6.70. The lowest BCUT2D eigenvalue weighted by atomic mass is 9.79. The molecule has 0 radical (unpaired) electrons. The molecule has 2 aliphatic rings. The lowest BCUT2D eigenvalue weighted by molar-refractivity contribution is 0.0864. The van der Waals surface area contributed by atoms with Crippen molar-refractivity contribution >= 4 is 16.0 Å². The summed E-state index contributed by atoms with van der Waals surface area (Å²) in [7, 11) is -3.46. The molecule has 3 N–H and O–H groups in total. The second-order valence-electron chi connectivity index (χ2n) is 7.94. The quantitative estimate of drug-likeness (QED) is 0.525. The molecule has 0 amide bonds. The van der Waals surface area contributed by atoms with E-state index < -0.39 is 10.0 Å². The van der Waals surface area contributed by atoms with Crippen molar-refractivity contribution in [2.45, 2.75) is 52.5 Å². The van der Waals surface area contributed by atoms with Gasteiger partial charge in [-0.2, -0.15) is 0 Å². The first-order valence-electron chi connectivity index (χ1n) is 10.1. The molecule has 0 unspecified atom stereocenters. The normalized spacial score (nSPS) is 26.3. The van der Waals surface area contributed by atoms with Crippen LogP contribution in [0.4, 0.5) is 0 Å². The van der Waals surface area contributed by atoms with Gasteiger partial charge in [-0.1, -0.05) is 13.8 Å². The Morgan fingerprint density at radius 2 is 1.77 bits per heavy atom. The van der Waals surface area contributed by atoms with Crippen LogP contribution >= 0.6 is 0 Å². The lowest BCUT2D eigenvalue weighted by Gasteiger charge is -2.43. The van der Waals surface area contributed by atoms with Crippen LogP contribution in [0, 0.1) is 11.8 Å². The van der Waals surface area contributed by atoms with Crippen LogP contribution in [-0.2, 0) is 10.0 Å². The van der Waals surface area contributed by atoms with Gasteiger partial charge in [-0.3, -0.25) is 9.89 Å². The lowest BCUT2D eigenvalue weighted by Crippen LogP contribution is -2.55. The summed E-state index contributed by atoms with van der Waals surface area (Å²) >= 11 is 0. The van der Waals surface area contributed by atoms with Crippen LogP contribution in [0.3, 0.4) is 0 Å². The zero-order valence-electron chi connectivity index (χ0n) is 16.7. The number of hydrogen-bond donors (Lipinski definition) is 2. The van der Waals surface area contributed by atoms with Crippen LogP contribution in [0.2, 0.25) is 0 Å². The fourth-order valence-corrected chi connectivity index (χ4v) is 4.48. The van der Waals surface area contributed by atoms with E-state index in [9.17, 15) is 8.42 Å². The van der Waals surface area contributed by atoms with E-state index in [0.717, 1.165) is 56.6 Å². The molecule has 1 aliphatic heterocycles. The summed E-state index contributed by atoms with van der Waals surface area (Å²) < 4.78 is 22.2. The van der Waals surface area contributed by atoms with Gasteiger partial charge in [0, 0.05) is 38.8 Å². The molecule has 26 heavy (non-hydrogen) atoms. The largest absolute Gasteiger partial charge is 0.357 e. The fraction of sp³-hybridized carbons (Fsp3) is 0.944. The highest BCUT2D eigenvalue weighted by Crippen LogP contribution is 2.32. The smallest absolute Gasteiger partial charge is 0.210 e. The van der Waals surface area contributed by atoms with Gasteiger partial charge in [0.15, 0.2) is 5.96 Å². The average molecular weight is 388 g/mol. The van der Waals surface area contributed by atoms with E-state index in [0.29, 0.717) is 0 Å². The SMILES string of the molecule is CCNC(=NCCS(N)(=O)=O)N1CCN(C2CCC(C(C)C)CC2)CC1. The van der Waals surface area contributed by atoms with Crippen LogP contribution in [0.15, 0.2) is 4.99 Å². The van der Waals surface area contributed by atoms with E-state index in [1.807, 2.05) is 6.92 Å². The molecule has 2 fully saturated rings. The van der Waals surface area contributed by atoms with E-state index in [2.05, 4.69) is 34.0 Å². The van der Waals surface area contributed by atoms with Crippen LogP contribution in [-0.4, -0.2) is 75.2 Å². The third-order valence-corrected chi connectivity index (χ3v) is 6.54. The molecule has 0 aromatic heterocycles. The van der Waals surface area contributed by atoms with E-state index in [4.69, 9.17) is 5.14 Å². The summed E-state index contributed by atoms with van der Waals surface area (Å²) in [5.74, 6) is 2.41. The number of piperazine rings is 1. The highest BCUT2D eigenvalue weighted by Gasteiger charge is 2.29. The van der Waals surface area contributed by atoms with Crippen LogP contribution < -0.4 is 10.5 Å². The molecule has 152 valence electrons. The van der Waals surface area contributed by atoms with Gasteiger partial charge in [0.25, 0.3) is 0 Å². The number of rotatable bonds is 6. The second kappa shape index (κ2) is 9.90. The number of sulfonamides is 1. The summed E-state index contributed by atoms with van der Waals surface area (Å²) in [6, 6.07) is 0.731. The number of nitrogens with two attached hydrogens (primary N) is 1. The topological polar surface area (TPSA) is 91.0 Å². The molecule has 7 nitrogen and oxygen atoms in total. The van der Waals surface area contributed by atoms with Crippen molar-refractivity contribution in [3.63, 3.8) is 0 Å². The molecule has 1 saturated carbocycles. The molecule has 1 aliphatic carbocycles. The van der Waals surface area contributed by atoms with E-state index in [1.54, 1.807) is 0 Å². The molecule has 0 atom stereocenters. The molecule has 0 aromatic rings. The first-order valence-corrected chi connectivity index (χ1v) is 11.8. The summed E-state index contributed by atoms with van der Waals surface area (Å²) in [6.45, 7) is 11.7. The van der Waals surface area contributed by atoms with Gasteiger partial charge in [-0.15, -0.1) is 0 Å². The summed E-state index contributed by atoms with van der Waals surface area (Å²) in [5.41, 5.74) is 0. The maximum Gasteiger partial charge on any atom is 0.210 e. The fourth-order valence-electron chi connectivity index (χ4n) is 4.14. The van der Waals surface area contributed by atoms with Crippen molar-refractivity contribution in [1.82, 2.24) is 15.1 Å². The van der Waals surface area contributed by atoms with Crippen LogP contribution in [0.25, 0.3) is 0 Å². The standard InChI is InChI=1S/C18H37N5O2S/c1-4-20-18(21-9-14-26(19,24)25)23-12-10-22(11-13-23)17-7-5-16(6-8-17)15(2)3/h15-17H,4-14H2,1-3H3,(H,20,21)(H2,19,24,25). The molecule has 1 saturated heterocycles. The van der Waals surface area contributed by atoms with E-state index in [-0.39, 0.29) is 12.3 Å². The number of hydrogen-bond acceptors (Lipinski definition) is 4. The van der Waals surface area contributed by atoms with Gasteiger partial charge in [-0.25, -0.2) is 13.6 Å². The molecule has 0 bridgehead atoms. The Labute approximate surface area is 159 Å². The summed E-state index contributed by atoms with van der Waals surface area (Å²) in [5, 5.41) is 8.34. The predicted molar refractivity (Wildman–Crippen MR) is 108 cm³/mol. The minimum absolute atomic E-state index is 0.110. The Morgan fingerprint density at radius 3 is 2.27 bits per heavy atom. The molecule has 2 rings (SSSR count). The Morgan fingerprint density at radius 1 is 1.15 bits per heavy atom. The Bertz CT molecular complexity index is 548. The second-order valence-corrected chi connectivity index (χ2v) is 9.67. The monoisotopic (exact) mass is 387 g/mol. The summed E-state index contributed by atoms with van der Waals surface area (Å²) in [6.07, 6.45) is 5.37. The van der Waals surface area contributed by atoms with Gasteiger partial charge in [0.1, 0.15) is 0 Å². The summed E-state index contributed by atoms with van der Waals surface area (Å²) in [4.78, 5) is 9.32. The van der Waals surface area contributed by atoms with Crippen molar-refractivity contribution < 1.29 is 8.42 Å². The van der Waals surface area contributed by atoms with Gasteiger partial charge in [0.05, 0.1) is 12.3 Å². The maximum atomic E-state index is 11.1. The van der Waals surface area contributed by atoms with Gasteiger partial charge in [0.2, 0.25) is 10.0 Å². The van der Waals surface area contributed by atoms with Gasteiger partial charge < -0.3 is 10.2 Å². The van der Waals surface area contributed by atoms with Crippen molar-refractivity contribution in [1.29, 1.82) is 0 Å². The van der Waals surface area contributed by atoms with Crippen molar-refractivity contribution in [2.24, 2.45) is 22.0 Å². The number of nitrogens with zero attached hydrogens (tertiary/aromatic N) is 3. The number of nitrogens with one attached hydrogen (secondary N) is 1. The van der Waals surface area contributed by atoms with Crippen molar-refractivity contribution in [3.05, 3.63) is 0 Å². The number of primary sulfonamides is 1. The zero-order valence-corrected chi connectivity index (χ0v) is 17.5. The van der Waals surface area contributed by atoms with E-state index in [1.165, 1.54) is 25.7 Å². The van der Waals surface area contributed by atoms with Gasteiger partial charge in [-0.05, 0) is 44.4 Å². The number of aliphatic imine (C=N–C) groups is 1. The van der Waals surface area contributed by atoms with Crippen molar-refractivity contribution in [3.8, 4) is 0 Å². The number of guanidine groups is 1. The highest BCUT2D eigenvalue weighted by molar-refractivity contribution is 7.89. The Balaban J connectivity index is 1.82.